The Kier molecular flexibility index (Phi) is 5.68. The number of nitrogens with zero attached hydrogens (tertiary/aromatic N) is 2. The smallest absolute Gasteiger partial charge is 0.258 e. The molecule has 0 saturated carbocycles. The number of anilines is 1. The molecule has 1 aliphatic rings. The molecule has 28 heavy (non-hydrogen) atoms. The molecule has 0 spiro atoms. The van der Waals surface area contributed by atoms with Gasteiger partial charge in [-0.05, 0) is 42.7 Å². The van der Waals surface area contributed by atoms with Crippen molar-refractivity contribution in [3.05, 3.63) is 78.1 Å². The van der Waals surface area contributed by atoms with Crippen LogP contribution >= 0.6 is 0 Å². The van der Waals surface area contributed by atoms with Crippen LogP contribution in [0.15, 0.2) is 67.0 Å². The second-order valence-corrected chi connectivity index (χ2v) is 6.84. The third-order valence-electron chi connectivity index (χ3n) is 4.65. The molecule has 1 amide bonds. The standard InChI is InChI=1S/C22H23N3O3/c26-22(18-13-23-25(15-18)14-17-5-2-1-3-6-17)24-19-8-10-20(11-9-19)28-16-21-7-4-12-27-21/h1-3,5-6,8-11,13,15,21H,4,7,12,14,16H2,(H,24,26). The van der Waals surface area contributed by atoms with Gasteiger partial charge in [0.05, 0.1) is 24.4 Å². The topological polar surface area (TPSA) is 65.4 Å². The number of carbonyl (C=O) groups is 1. The van der Waals surface area contributed by atoms with Gasteiger partial charge in [0.1, 0.15) is 12.4 Å². The first-order chi connectivity index (χ1) is 13.8. The Morgan fingerprint density at radius 3 is 2.75 bits per heavy atom. The zero-order chi connectivity index (χ0) is 19.2. The molecule has 144 valence electrons. The molecule has 0 bridgehead atoms. The normalized spacial score (nSPS) is 16.1. The summed E-state index contributed by atoms with van der Waals surface area (Å²) in [7, 11) is 0. The van der Waals surface area contributed by atoms with Crippen molar-refractivity contribution in [2.45, 2.75) is 25.5 Å². The maximum atomic E-state index is 12.5. The quantitative estimate of drug-likeness (QED) is 0.681. The summed E-state index contributed by atoms with van der Waals surface area (Å²) in [4.78, 5) is 12.5. The van der Waals surface area contributed by atoms with Crippen molar-refractivity contribution in [2.24, 2.45) is 0 Å². The molecule has 1 atom stereocenters. The molecular weight excluding hydrogens is 354 g/mol. The van der Waals surface area contributed by atoms with E-state index in [1.165, 1.54) is 0 Å². The fraction of sp³-hybridized carbons (Fsp3) is 0.273. The van der Waals surface area contributed by atoms with Crippen LogP contribution in [0.4, 0.5) is 5.69 Å². The lowest BCUT2D eigenvalue weighted by Crippen LogP contribution is -2.16. The summed E-state index contributed by atoms with van der Waals surface area (Å²) in [6.07, 6.45) is 5.66. The summed E-state index contributed by atoms with van der Waals surface area (Å²) >= 11 is 0. The van der Waals surface area contributed by atoms with Gasteiger partial charge < -0.3 is 14.8 Å². The van der Waals surface area contributed by atoms with E-state index in [-0.39, 0.29) is 12.0 Å². The Hall–Kier alpha value is -3.12. The number of nitrogens with one attached hydrogen (secondary N) is 1. The number of amides is 1. The molecule has 2 aromatic carbocycles. The van der Waals surface area contributed by atoms with E-state index in [1.54, 1.807) is 17.1 Å². The molecule has 6 heteroatoms. The number of hydrogen-bond acceptors (Lipinski definition) is 4. The van der Waals surface area contributed by atoms with E-state index < -0.39 is 0 Å². The first-order valence-electron chi connectivity index (χ1n) is 9.48. The average molecular weight is 377 g/mol. The molecule has 2 heterocycles. The number of aromatic nitrogens is 2. The van der Waals surface area contributed by atoms with Gasteiger partial charge in [-0.2, -0.15) is 5.10 Å². The highest BCUT2D eigenvalue weighted by Gasteiger charge is 2.16. The molecule has 3 aromatic rings. The van der Waals surface area contributed by atoms with Gasteiger partial charge >= 0.3 is 0 Å². The van der Waals surface area contributed by atoms with Crippen molar-refractivity contribution in [3.8, 4) is 5.75 Å². The molecular formula is C22H23N3O3. The molecule has 1 aliphatic heterocycles. The molecule has 0 aliphatic carbocycles. The highest BCUT2D eigenvalue weighted by Crippen LogP contribution is 2.19. The fourth-order valence-electron chi connectivity index (χ4n) is 3.14. The number of rotatable bonds is 7. The van der Waals surface area contributed by atoms with Crippen molar-refractivity contribution in [2.75, 3.05) is 18.5 Å². The van der Waals surface area contributed by atoms with E-state index in [9.17, 15) is 4.79 Å². The van der Waals surface area contributed by atoms with Crippen LogP contribution < -0.4 is 10.1 Å². The maximum Gasteiger partial charge on any atom is 0.258 e. The molecule has 4 rings (SSSR count). The van der Waals surface area contributed by atoms with Crippen LogP contribution in [-0.4, -0.2) is 35.0 Å². The summed E-state index contributed by atoms with van der Waals surface area (Å²) in [6.45, 7) is 2.01. The Morgan fingerprint density at radius 2 is 2.00 bits per heavy atom. The Labute approximate surface area is 164 Å². The SMILES string of the molecule is O=C(Nc1ccc(OCC2CCCO2)cc1)c1cnn(Cc2ccccc2)c1. The minimum Gasteiger partial charge on any atom is -0.491 e. The second kappa shape index (κ2) is 8.71. The monoisotopic (exact) mass is 377 g/mol. The van der Waals surface area contributed by atoms with Gasteiger partial charge in [-0.15, -0.1) is 0 Å². The van der Waals surface area contributed by atoms with Crippen LogP contribution in [0, 0.1) is 0 Å². The highest BCUT2D eigenvalue weighted by atomic mass is 16.5. The Bertz CT molecular complexity index is 900. The van der Waals surface area contributed by atoms with Crippen molar-refractivity contribution >= 4 is 11.6 Å². The van der Waals surface area contributed by atoms with Gasteiger partial charge in [0.15, 0.2) is 0 Å². The van der Waals surface area contributed by atoms with Crippen molar-refractivity contribution in [3.63, 3.8) is 0 Å². The number of carbonyl (C=O) groups excluding carboxylic acids is 1. The lowest BCUT2D eigenvalue weighted by molar-refractivity contribution is 0.0679. The van der Waals surface area contributed by atoms with Crippen molar-refractivity contribution < 1.29 is 14.3 Å². The van der Waals surface area contributed by atoms with Gasteiger partial charge in [0.25, 0.3) is 5.91 Å². The largest absolute Gasteiger partial charge is 0.491 e. The Morgan fingerprint density at radius 1 is 1.18 bits per heavy atom. The van der Waals surface area contributed by atoms with Crippen LogP contribution in [0.2, 0.25) is 0 Å². The van der Waals surface area contributed by atoms with Gasteiger partial charge in [-0.3, -0.25) is 9.48 Å². The molecule has 1 unspecified atom stereocenters. The number of ether oxygens (including phenoxy) is 2. The summed E-state index contributed by atoms with van der Waals surface area (Å²) < 4.78 is 13.0. The summed E-state index contributed by atoms with van der Waals surface area (Å²) in [5, 5.41) is 7.16. The molecule has 0 radical (unpaired) electrons. The predicted molar refractivity (Wildman–Crippen MR) is 107 cm³/mol. The first-order valence-corrected chi connectivity index (χ1v) is 9.48. The van der Waals surface area contributed by atoms with E-state index in [2.05, 4.69) is 10.4 Å². The van der Waals surface area contributed by atoms with E-state index in [1.807, 2.05) is 54.6 Å². The highest BCUT2D eigenvalue weighted by molar-refractivity contribution is 6.03. The number of hydrogen-bond donors (Lipinski definition) is 1. The lowest BCUT2D eigenvalue weighted by Gasteiger charge is -2.12. The minimum absolute atomic E-state index is 0.187. The minimum atomic E-state index is -0.188. The van der Waals surface area contributed by atoms with Gasteiger partial charge in [0, 0.05) is 18.5 Å². The molecule has 6 nitrogen and oxygen atoms in total. The second-order valence-electron chi connectivity index (χ2n) is 6.84. The molecule has 1 saturated heterocycles. The van der Waals surface area contributed by atoms with Crippen LogP contribution in [0.25, 0.3) is 0 Å². The van der Waals surface area contributed by atoms with Gasteiger partial charge in [-0.25, -0.2) is 0 Å². The zero-order valence-electron chi connectivity index (χ0n) is 15.6. The Balaban J connectivity index is 1.30. The van der Waals surface area contributed by atoms with Crippen LogP contribution in [-0.2, 0) is 11.3 Å². The van der Waals surface area contributed by atoms with Crippen LogP contribution in [0.1, 0.15) is 28.8 Å². The fourth-order valence-corrected chi connectivity index (χ4v) is 3.14. The number of benzene rings is 2. The molecule has 1 fully saturated rings. The summed E-state index contributed by atoms with van der Waals surface area (Å²) in [6, 6.07) is 17.4. The van der Waals surface area contributed by atoms with Crippen molar-refractivity contribution in [1.29, 1.82) is 0 Å². The van der Waals surface area contributed by atoms with Crippen LogP contribution in [0.5, 0.6) is 5.75 Å². The van der Waals surface area contributed by atoms with Crippen molar-refractivity contribution in [1.82, 2.24) is 9.78 Å². The average Bonchev–Trinajstić information content (AvgIpc) is 3.40. The van der Waals surface area contributed by atoms with Gasteiger partial charge in [0.2, 0.25) is 0 Å². The maximum absolute atomic E-state index is 12.5. The van der Waals surface area contributed by atoms with E-state index in [0.29, 0.717) is 24.4 Å². The van der Waals surface area contributed by atoms with Gasteiger partial charge in [-0.1, -0.05) is 30.3 Å². The zero-order valence-corrected chi connectivity index (χ0v) is 15.6. The predicted octanol–water partition coefficient (Wildman–Crippen LogP) is 3.74. The summed E-state index contributed by atoms with van der Waals surface area (Å²) in [5.74, 6) is 0.580. The van der Waals surface area contributed by atoms with E-state index in [4.69, 9.17) is 9.47 Å². The lowest BCUT2D eigenvalue weighted by atomic mass is 10.2. The third kappa shape index (κ3) is 4.78. The summed E-state index contributed by atoms with van der Waals surface area (Å²) in [5.41, 5.74) is 2.37. The van der Waals surface area contributed by atoms with E-state index >= 15 is 0 Å². The molecule has 1 N–H and O–H groups in total. The van der Waals surface area contributed by atoms with E-state index in [0.717, 1.165) is 30.8 Å². The molecule has 1 aromatic heterocycles. The van der Waals surface area contributed by atoms with Crippen LogP contribution in [0.3, 0.4) is 0 Å². The third-order valence-corrected chi connectivity index (χ3v) is 4.65. The first kappa shape index (κ1) is 18.3.